The molecule has 0 aliphatic heterocycles. The van der Waals surface area contributed by atoms with Crippen molar-refractivity contribution in [2.45, 2.75) is 18.5 Å². The highest BCUT2D eigenvalue weighted by Crippen LogP contribution is 2.27. The topological polar surface area (TPSA) is 42.6 Å². The molecule has 3 nitrogen and oxygen atoms in total. The Kier molecular flexibility index (Phi) is 4.75. The molecule has 0 radical (unpaired) electrons. The number of benzene rings is 1. The van der Waals surface area contributed by atoms with E-state index in [1.54, 1.807) is 18.2 Å². The molecule has 0 saturated carbocycles. The molecule has 2 aromatic rings. The fourth-order valence-corrected chi connectivity index (χ4v) is 1.83. The van der Waals surface area contributed by atoms with Gasteiger partial charge < -0.3 is 14.3 Å². The summed E-state index contributed by atoms with van der Waals surface area (Å²) in [6.45, 7) is -2.07. The Morgan fingerprint density at radius 1 is 1.29 bits per heavy atom. The van der Waals surface area contributed by atoms with Gasteiger partial charge in [0.2, 0.25) is 0 Å². The van der Waals surface area contributed by atoms with E-state index in [0.29, 0.717) is 16.0 Å². The highest BCUT2D eigenvalue weighted by Gasteiger charge is 2.41. The lowest BCUT2D eigenvalue weighted by atomic mass is 10.2. The van der Waals surface area contributed by atoms with Gasteiger partial charge in [-0.2, -0.15) is 8.78 Å². The lowest BCUT2D eigenvalue weighted by Gasteiger charge is -2.16. The Balaban J connectivity index is 1.97. The zero-order valence-electron chi connectivity index (χ0n) is 10.5. The maximum absolute atomic E-state index is 12.6. The Morgan fingerprint density at radius 3 is 2.67 bits per heavy atom. The average molecular weight is 327 g/mol. The van der Waals surface area contributed by atoms with Crippen molar-refractivity contribution < 1.29 is 31.8 Å². The van der Waals surface area contributed by atoms with Gasteiger partial charge in [0, 0.05) is 10.4 Å². The van der Waals surface area contributed by atoms with Gasteiger partial charge in [-0.25, -0.2) is 8.78 Å². The van der Waals surface area contributed by atoms with Crippen LogP contribution >= 0.6 is 11.6 Å². The first-order chi connectivity index (χ1) is 9.79. The number of furan rings is 1. The van der Waals surface area contributed by atoms with Crippen LogP contribution in [0.1, 0.15) is 11.9 Å². The van der Waals surface area contributed by atoms with Gasteiger partial charge in [-0.15, -0.1) is 0 Å². The predicted molar refractivity (Wildman–Crippen MR) is 68.0 cm³/mol. The Hall–Kier alpha value is -1.31. The van der Waals surface area contributed by atoms with Crippen LogP contribution in [0.2, 0.25) is 5.02 Å². The van der Waals surface area contributed by atoms with Crippen LogP contribution in [0.15, 0.2) is 28.7 Å². The molecule has 1 atom stereocenters. The van der Waals surface area contributed by atoms with E-state index in [0.717, 1.165) is 0 Å². The quantitative estimate of drug-likeness (QED) is 0.815. The molecule has 2 rings (SSSR count). The number of aliphatic hydroxyl groups excluding tert-OH is 1. The summed E-state index contributed by atoms with van der Waals surface area (Å²) in [7, 11) is 0. The SMILES string of the molecule is OC(COCC(F)(F)C(F)F)c1cc2cc(Cl)ccc2o1. The van der Waals surface area contributed by atoms with E-state index in [9.17, 15) is 22.7 Å². The second-order valence-corrected chi connectivity index (χ2v) is 4.86. The third-order valence-corrected chi connectivity index (χ3v) is 2.95. The number of hydrogen-bond acceptors (Lipinski definition) is 3. The molecule has 1 N–H and O–H groups in total. The summed E-state index contributed by atoms with van der Waals surface area (Å²) in [5.74, 6) is -4.17. The molecule has 116 valence electrons. The van der Waals surface area contributed by atoms with E-state index in [1.807, 2.05) is 0 Å². The van der Waals surface area contributed by atoms with Crippen molar-refractivity contribution in [3.8, 4) is 0 Å². The average Bonchev–Trinajstić information content (AvgIpc) is 2.81. The molecule has 0 saturated heterocycles. The van der Waals surface area contributed by atoms with E-state index in [-0.39, 0.29) is 5.76 Å². The van der Waals surface area contributed by atoms with E-state index in [2.05, 4.69) is 4.74 Å². The summed E-state index contributed by atoms with van der Waals surface area (Å²) < 4.78 is 58.8. The number of halogens is 5. The molecule has 21 heavy (non-hydrogen) atoms. The van der Waals surface area contributed by atoms with Gasteiger partial charge >= 0.3 is 12.3 Å². The summed E-state index contributed by atoms with van der Waals surface area (Å²) in [6.07, 6.45) is -5.16. The molecule has 0 bridgehead atoms. The van der Waals surface area contributed by atoms with E-state index in [4.69, 9.17) is 16.0 Å². The van der Waals surface area contributed by atoms with Gasteiger partial charge in [-0.05, 0) is 24.3 Å². The minimum atomic E-state index is -4.25. The molecule has 0 aliphatic rings. The largest absolute Gasteiger partial charge is 0.458 e. The second kappa shape index (κ2) is 6.21. The fraction of sp³-hybridized carbons (Fsp3) is 0.385. The Bertz CT molecular complexity index is 614. The van der Waals surface area contributed by atoms with Crippen molar-refractivity contribution in [1.82, 2.24) is 0 Å². The zero-order chi connectivity index (χ0) is 15.6. The van der Waals surface area contributed by atoms with Crippen LogP contribution in [0.25, 0.3) is 11.0 Å². The third kappa shape index (κ3) is 3.87. The Morgan fingerprint density at radius 2 is 2.00 bits per heavy atom. The molecule has 0 amide bonds. The van der Waals surface area contributed by atoms with Crippen molar-refractivity contribution in [1.29, 1.82) is 0 Å². The third-order valence-electron chi connectivity index (χ3n) is 2.72. The molecule has 0 spiro atoms. The summed E-state index contributed by atoms with van der Waals surface area (Å²) in [5, 5.41) is 10.8. The number of alkyl halides is 4. The Labute approximate surface area is 122 Å². The van der Waals surface area contributed by atoms with Gasteiger partial charge in [0.05, 0.1) is 6.61 Å². The van der Waals surface area contributed by atoms with Crippen molar-refractivity contribution in [3.63, 3.8) is 0 Å². The lowest BCUT2D eigenvalue weighted by molar-refractivity contribution is -0.171. The smallest absolute Gasteiger partial charge is 0.330 e. The molecule has 0 aliphatic carbocycles. The highest BCUT2D eigenvalue weighted by molar-refractivity contribution is 6.31. The fourth-order valence-electron chi connectivity index (χ4n) is 1.65. The number of hydrogen-bond donors (Lipinski definition) is 1. The maximum atomic E-state index is 12.6. The molecule has 8 heteroatoms. The van der Waals surface area contributed by atoms with Crippen LogP contribution < -0.4 is 0 Å². The number of fused-ring (bicyclic) bond motifs is 1. The van der Waals surface area contributed by atoms with Crippen LogP contribution in [0.5, 0.6) is 0 Å². The van der Waals surface area contributed by atoms with Crippen LogP contribution in [0, 0.1) is 0 Å². The molecule has 1 aromatic heterocycles. The van der Waals surface area contributed by atoms with Gasteiger partial charge in [-0.1, -0.05) is 11.6 Å². The molecular weight excluding hydrogens is 316 g/mol. The number of ether oxygens (including phenoxy) is 1. The molecule has 1 heterocycles. The van der Waals surface area contributed by atoms with Gasteiger partial charge in [0.25, 0.3) is 0 Å². The summed E-state index contributed by atoms with van der Waals surface area (Å²) in [5.41, 5.74) is 0.450. The van der Waals surface area contributed by atoms with Gasteiger partial charge in [0.15, 0.2) is 0 Å². The number of rotatable bonds is 6. The minimum absolute atomic E-state index is 0.0765. The minimum Gasteiger partial charge on any atom is -0.458 e. The normalized spacial score (nSPS) is 14.0. The maximum Gasteiger partial charge on any atom is 0.330 e. The summed E-state index contributed by atoms with van der Waals surface area (Å²) in [4.78, 5) is 0. The second-order valence-electron chi connectivity index (χ2n) is 4.42. The van der Waals surface area contributed by atoms with Crippen molar-refractivity contribution in [2.24, 2.45) is 0 Å². The first-order valence-corrected chi connectivity index (χ1v) is 6.28. The predicted octanol–water partition coefficient (Wildman–Crippen LogP) is 4.04. The zero-order valence-corrected chi connectivity index (χ0v) is 11.3. The van der Waals surface area contributed by atoms with Crippen LogP contribution in [0.3, 0.4) is 0 Å². The van der Waals surface area contributed by atoms with Crippen LogP contribution in [-0.2, 0) is 4.74 Å². The molecule has 1 unspecified atom stereocenters. The first kappa shape index (κ1) is 16.1. The van der Waals surface area contributed by atoms with E-state index in [1.165, 1.54) is 6.07 Å². The molecule has 0 fully saturated rings. The standard InChI is InChI=1S/C13H11ClF4O3/c14-8-1-2-10-7(3-8)4-11(21-10)9(19)5-20-6-13(17,18)12(15)16/h1-4,9,12,19H,5-6H2. The van der Waals surface area contributed by atoms with Crippen molar-refractivity contribution in [3.05, 3.63) is 35.0 Å². The number of aliphatic hydroxyl groups is 1. The monoisotopic (exact) mass is 326 g/mol. The van der Waals surface area contributed by atoms with E-state index >= 15 is 0 Å². The van der Waals surface area contributed by atoms with Crippen LogP contribution in [0.4, 0.5) is 17.6 Å². The lowest BCUT2D eigenvalue weighted by Crippen LogP contribution is -2.33. The van der Waals surface area contributed by atoms with Gasteiger partial charge in [-0.3, -0.25) is 0 Å². The molecular formula is C13H11ClF4O3. The van der Waals surface area contributed by atoms with Crippen molar-refractivity contribution >= 4 is 22.6 Å². The van der Waals surface area contributed by atoms with E-state index < -0.39 is 31.7 Å². The summed E-state index contributed by atoms with van der Waals surface area (Å²) >= 11 is 5.79. The highest BCUT2D eigenvalue weighted by atomic mass is 35.5. The van der Waals surface area contributed by atoms with Gasteiger partial charge in [0.1, 0.15) is 24.1 Å². The molecule has 1 aromatic carbocycles. The van der Waals surface area contributed by atoms with Crippen molar-refractivity contribution in [2.75, 3.05) is 13.2 Å². The first-order valence-electron chi connectivity index (χ1n) is 5.90. The van der Waals surface area contributed by atoms with Crippen LogP contribution in [-0.4, -0.2) is 30.7 Å². The summed E-state index contributed by atoms with van der Waals surface area (Å²) in [6, 6.07) is 6.24.